The summed E-state index contributed by atoms with van der Waals surface area (Å²) in [7, 11) is 6.19. The number of rotatable bonds is 5. The second-order valence-electron chi connectivity index (χ2n) is 5.28. The minimum absolute atomic E-state index is 0.588. The van der Waals surface area contributed by atoms with E-state index >= 15 is 0 Å². The Bertz CT molecular complexity index is 617. The lowest BCUT2D eigenvalue weighted by Crippen LogP contribution is -2.15. The first kappa shape index (κ1) is 15.6. The Morgan fingerprint density at radius 3 is 2.90 bits per heavy atom. The Kier molecular flexibility index (Phi) is 5.02. The maximum atomic E-state index is 6.19. The minimum atomic E-state index is 0.588. The summed E-state index contributed by atoms with van der Waals surface area (Å²) in [6.07, 6.45) is 2.51. The van der Waals surface area contributed by atoms with E-state index in [0.29, 0.717) is 23.7 Å². The second kappa shape index (κ2) is 6.77. The number of nitrogens with one attached hydrogen (secondary N) is 1. The number of nitrogens with zero attached hydrogens (tertiary/aromatic N) is 1. The van der Waals surface area contributed by atoms with E-state index in [9.17, 15) is 0 Å². The van der Waals surface area contributed by atoms with Crippen LogP contribution in [0.3, 0.4) is 0 Å². The van der Waals surface area contributed by atoms with Crippen LogP contribution < -0.4 is 10.1 Å². The first-order chi connectivity index (χ1) is 10.0. The first-order valence-corrected chi connectivity index (χ1v) is 7.21. The highest BCUT2D eigenvalue weighted by atomic mass is 16.5. The predicted molar refractivity (Wildman–Crippen MR) is 87.2 cm³/mol. The standard InChI is InChI=1S/C17H21BN2O/c1-5-19-10-14-7-6-8-20-17(14)21-16-12(3)9-11(2)13(4)15(16)18/h6-8,19H,3,5,9-10H2,1-2,4H3. The molecule has 108 valence electrons. The van der Waals surface area contributed by atoms with Crippen LogP contribution in [0, 0.1) is 0 Å². The Labute approximate surface area is 128 Å². The number of hydrogen-bond acceptors (Lipinski definition) is 3. The summed E-state index contributed by atoms with van der Waals surface area (Å²) < 4.78 is 6.00. The Balaban J connectivity index is 2.31. The predicted octanol–water partition coefficient (Wildman–Crippen LogP) is 3.25. The van der Waals surface area contributed by atoms with E-state index in [1.807, 2.05) is 19.1 Å². The monoisotopic (exact) mass is 280 g/mol. The van der Waals surface area contributed by atoms with Gasteiger partial charge in [-0.15, -0.1) is 0 Å². The van der Waals surface area contributed by atoms with Gasteiger partial charge in [0.1, 0.15) is 13.6 Å². The summed E-state index contributed by atoms with van der Waals surface area (Å²) in [5.74, 6) is 1.24. The van der Waals surface area contributed by atoms with E-state index in [-0.39, 0.29) is 0 Å². The van der Waals surface area contributed by atoms with E-state index in [0.717, 1.165) is 29.7 Å². The third-order valence-corrected chi connectivity index (χ3v) is 3.70. The lowest BCUT2D eigenvalue weighted by atomic mass is 9.78. The van der Waals surface area contributed by atoms with Gasteiger partial charge in [0.25, 0.3) is 0 Å². The molecule has 1 aromatic heterocycles. The number of hydrogen-bond donors (Lipinski definition) is 1. The Hall–Kier alpha value is -1.81. The highest BCUT2D eigenvalue weighted by Gasteiger charge is 2.19. The molecule has 3 nitrogen and oxygen atoms in total. The second-order valence-corrected chi connectivity index (χ2v) is 5.28. The summed E-state index contributed by atoms with van der Waals surface area (Å²) in [6, 6.07) is 3.91. The van der Waals surface area contributed by atoms with Gasteiger partial charge in [-0.05, 0) is 38.5 Å². The van der Waals surface area contributed by atoms with Crippen molar-refractivity contribution in [1.29, 1.82) is 0 Å². The Morgan fingerprint density at radius 1 is 1.43 bits per heavy atom. The fourth-order valence-electron chi connectivity index (χ4n) is 2.26. The van der Waals surface area contributed by atoms with E-state index in [4.69, 9.17) is 12.6 Å². The lowest BCUT2D eigenvalue weighted by molar-refractivity contribution is 0.406. The molecule has 0 spiro atoms. The average Bonchev–Trinajstić information content (AvgIpc) is 2.48. The molecular formula is C17H21BN2O. The van der Waals surface area contributed by atoms with E-state index < -0.39 is 0 Å². The highest BCUT2D eigenvalue weighted by Crippen LogP contribution is 2.33. The zero-order chi connectivity index (χ0) is 15.4. The van der Waals surface area contributed by atoms with E-state index in [1.165, 1.54) is 5.57 Å². The van der Waals surface area contributed by atoms with Gasteiger partial charge in [-0.1, -0.05) is 36.2 Å². The minimum Gasteiger partial charge on any atom is -0.439 e. The van der Waals surface area contributed by atoms with Gasteiger partial charge < -0.3 is 10.1 Å². The third-order valence-electron chi connectivity index (χ3n) is 3.70. The zero-order valence-corrected chi connectivity index (χ0v) is 13.0. The molecule has 21 heavy (non-hydrogen) atoms. The number of aromatic nitrogens is 1. The van der Waals surface area contributed by atoms with Gasteiger partial charge >= 0.3 is 0 Å². The quantitative estimate of drug-likeness (QED) is 0.841. The van der Waals surface area contributed by atoms with Crippen molar-refractivity contribution in [1.82, 2.24) is 10.3 Å². The molecule has 1 heterocycles. The molecule has 0 atom stereocenters. The maximum absolute atomic E-state index is 6.19. The number of pyridine rings is 1. The summed E-state index contributed by atoms with van der Waals surface area (Å²) in [4.78, 5) is 4.33. The molecule has 0 unspecified atom stereocenters. The largest absolute Gasteiger partial charge is 0.439 e. The van der Waals surface area contributed by atoms with Crippen molar-refractivity contribution in [2.45, 2.75) is 33.7 Å². The van der Waals surface area contributed by atoms with Gasteiger partial charge in [-0.3, -0.25) is 0 Å². The zero-order valence-electron chi connectivity index (χ0n) is 13.0. The molecule has 1 N–H and O–H groups in total. The van der Waals surface area contributed by atoms with Crippen molar-refractivity contribution >= 4 is 7.85 Å². The molecule has 1 aromatic rings. The van der Waals surface area contributed by atoms with Crippen LogP contribution in [0.1, 0.15) is 32.8 Å². The van der Waals surface area contributed by atoms with Crippen molar-refractivity contribution in [2.24, 2.45) is 0 Å². The van der Waals surface area contributed by atoms with Crippen LogP contribution in [-0.2, 0) is 6.54 Å². The number of allylic oxidation sites excluding steroid dienone is 4. The normalized spacial score (nSPS) is 15.7. The van der Waals surface area contributed by atoms with Crippen molar-refractivity contribution in [3.63, 3.8) is 0 Å². The molecular weight excluding hydrogens is 259 g/mol. The van der Waals surface area contributed by atoms with Crippen molar-refractivity contribution in [3.05, 3.63) is 58.4 Å². The number of ether oxygens (including phenoxy) is 1. The summed E-state index contributed by atoms with van der Waals surface area (Å²) in [6.45, 7) is 11.8. The third kappa shape index (κ3) is 3.45. The van der Waals surface area contributed by atoms with Crippen molar-refractivity contribution in [2.75, 3.05) is 6.54 Å². The van der Waals surface area contributed by atoms with Gasteiger partial charge in [0.15, 0.2) is 0 Å². The molecule has 1 aliphatic carbocycles. The summed E-state index contributed by atoms with van der Waals surface area (Å²) in [5.41, 5.74) is 4.87. The molecule has 2 radical (unpaired) electrons. The maximum Gasteiger partial charge on any atom is 0.223 e. The average molecular weight is 280 g/mol. The molecule has 0 amide bonds. The van der Waals surface area contributed by atoms with Crippen LogP contribution in [0.5, 0.6) is 5.88 Å². The highest BCUT2D eigenvalue weighted by molar-refractivity contribution is 6.25. The van der Waals surface area contributed by atoms with Gasteiger partial charge in [0, 0.05) is 18.3 Å². The van der Waals surface area contributed by atoms with Crippen LogP contribution in [0.2, 0.25) is 0 Å². The molecule has 0 fully saturated rings. The van der Waals surface area contributed by atoms with Gasteiger partial charge in [0.2, 0.25) is 5.88 Å². The lowest BCUT2D eigenvalue weighted by Gasteiger charge is -2.24. The van der Waals surface area contributed by atoms with Crippen LogP contribution in [0.25, 0.3) is 0 Å². The van der Waals surface area contributed by atoms with Gasteiger partial charge in [0.05, 0.1) is 0 Å². The Morgan fingerprint density at radius 2 is 2.19 bits per heavy atom. The van der Waals surface area contributed by atoms with Gasteiger partial charge in [-0.2, -0.15) is 0 Å². The summed E-state index contributed by atoms with van der Waals surface area (Å²) >= 11 is 0. The molecule has 1 aliphatic rings. The SMILES string of the molecule is [B]C1=C(Oc2ncccc2CNCC)C(=C)CC(C)=C1C. The molecule has 0 saturated carbocycles. The van der Waals surface area contributed by atoms with Crippen molar-refractivity contribution < 1.29 is 4.74 Å². The van der Waals surface area contributed by atoms with Crippen molar-refractivity contribution in [3.8, 4) is 5.88 Å². The molecule has 0 aliphatic heterocycles. The van der Waals surface area contributed by atoms with Gasteiger partial charge in [-0.25, -0.2) is 4.98 Å². The smallest absolute Gasteiger partial charge is 0.223 e. The van der Waals surface area contributed by atoms with Crippen LogP contribution >= 0.6 is 0 Å². The molecule has 0 aromatic carbocycles. The van der Waals surface area contributed by atoms with Crippen LogP contribution in [0.15, 0.2) is 52.9 Å². The summed E-state index contributed by atoms with van der Waals surface area (Å²) in [5, 5.41) is 3.28. The molecule has 0 bridgehead atoms. The van der Waals surface area contributed by atoms with Crippen LogP contribution in [0.4, 0.5) is 0 Å². The first-order valence-electron chi connectivity index (χ1n) is 7.21. The van der Waals surface area contributed by atoms with E-state index in [1.54, 1.807) is 6.20 Å². The molecule has 4 heteroatoms. The van der Waals surface area contributed by atoms with Crippen LogP contribution in [-0.4, -0.2) is 19.4 Å². The molecule has 2 rings (SSSR count). The topological polar surface area (TPSA) is 34.1 Å². The van der Waals surface area contributed by atoms with E-state index in [2.05, 4.69) is 30.7 Å². The molecule has 0 saturated heterocycles. The fourth-order valence-corrected chi connectivity index (χ4v) is 2.26. The fraction of sp³-hybridized carbons (Fsp3) is 0.353.